The maximum absolute atomic E-state index is 13.4. The second kappa shape index (κ2) is 5.04. The number of benzene rings is 1. The van der Waals surface area contributed by atoms with Crippen LogP contribution in [0.25, 0.3) is 0 Å². The van der Waals surface area contributed by atoms with E-state index >= 15 is 0 Å². The number of hydrogen-bond donors (Lipinski definition) is 1. The van der Waals surface area contributed by atoms with Gasteiger partial charge in [-0.05, 0) is 30.7 Å². The Morgan fingerprint density at radius 1 is 1.50 bits per heavy atom. The lowest BCUT2D eigenvalue weighted by Crippen LogP contribution is -2.11. The van der Waals surface area contributed by atoms with Gasteiger partial charge in [0, 0.05) is 11.8 Å². The van der Waals surface area contributed by atoms with Gasteiger partial charge < -0.3 is 5.73 Å². The molecule has 94 valence electrons. The van der Waals surface area contributed by atoms with Crippen molar-refractivity contribution in [2.75, 3.05) is 0 Å². The van der Waals surface area contributed by atoms with Crippen LogP contribution in [0, 0.1) is 12.7 Å². The number of thiocarbonyl (C=S) groups is 1. The zero-order valence-electron chi connectivity index (χ0n) is 9.65. The van der Waals surface area contributed by atoms with E-state index in [2.05, 4.69) is 5.10 Å². The summed E-state index contributed by atoms with van der Waals surface area (Å²) in [4.78, 5) is 0.172. The molecule has 1 aromatic carbocycles. The summed E-state index contributed by atoms with van der Waals surface area (Å²) in [6, 6.07) is 4.48. The summed E-state index contributed by atoms with van der Waals surface area (Å²) in [5, 5.41) is 4.79. The van der Waals surface area contributed by atoms with Crippen LogP contribution in [0.15, 0.2) is 24.4 Å². The lowest BCUT2D eigenvalue weighted by molar-refractivity contribution is 0.618. The maximum Gasteiger partial charge on any atom is 0.124 e. The molecule has 2 N–H and O–H groups in total. The zero-order chi connectivity index (χ0) is 13.3. The number of hydrogen-bond acceptors (Lipinski definition) is 2. The Balaban J connectivity index is 2.31. The van der Waals surface area contributed by atoms with Gasteiger partial charge >= 0.3 is 0 Å². The summed E-state index contributed by atoms with van der Waals surface area (Å²) >= 11 is 10.7. The molecule has 0 aliphatic rings. The van der Waals surface area contributed by atoms with Crippen molar-refractivity contribution in [1.29, 1.82) is 0 Å². The number of nitrogens with two attached hydrogens (primary N) is 1. The highest BCUT2D eigenvalue weighted by molar-refractivity contribution is 7.80. The highest BCUT2D eigenvalue weighted by Crippen LogP contribution is 2.15. The van der Waals surface area contributed by atoms with Crippen molar-refractivity contribution >= 4 is 28.8 Å². The van der Waals surface area contributed by atoms with Crippen LogP contribution in [0.5, 0.6) is 0 Å². The van der Waals surface area contributed by atoms with Crippen molar-refractivity contribution in [3.8, 4) is 0 Å². The highest BCUT2D eigenvalue weighted by Gasteiger charge is 2.06. The van der Waals surface area contributed by atoms with Crippen LogP contribution >= 0.6 is 23.8 Å². The Bertz CT molecular complexity index is 590. The molecule has 0 fully saturated rings. The van der Waals surface area contributed by atoms with Crippen LogP contribution in [0.4, 0.5) is 4.39 Å². The molecular formula is C12H11ClFN3S. The molecule has 1 heterocycles. The van der Waals surface area contributed by atoms with Gasteiger partial charge in [-0.3, -0.25) is 4.68 Å². The minimum atomic E-state index is -0.370. The molecule has 1 aromatic heterocycles. The highest BCUT2D eigenvalue weighted by atomic mass is 35.5. The van der Waals surface area contributed by atoms with E-state index < -0.39 is 0 Å². The van der Waals surface area contributed by atoms with Crippen LogP contribution in [0.1, 0.15) is 16.8 Å². The third-order valence-electron chi connectivity index (χ3n) is 2.47. The van der Waals surface area contributed by atoms with Gasteiger partial charge in [-0.15, -0.1) is 0 Å². The molecule has 2 aromatic rings. The summed E-state index contributed by atoms with van der Waals surface area (Å²) in [5.74, 6) is -0.370. The van der Waals surface area contributed by atoms with E-state index in [1.165, 1.54) is 12.1 Å². The van der Waals surface area contributed by atoms with Crippen LogP contribution in [0.2, 0.25) is 5.02 Å². The van der Waals surface area contributed by atoms with Crippen molar-refractivity contribution in [3.63, 3.8) is 0 Å². The third-order valence-corrected chi connectivity index (χ3v) is 3.08. The molecule has 0 saturated carbocycles. The normalized spacial score (nSPS) is 10.6. The minimum absolute atomic E-state index is 0.172. The molecule has 6 heteroatoms. The van der Waals surface area contributed by atoms with Crippen molar-refractivity contribution in [1.82, 2.24) is 9.78 Å². The molecule has 0 unspecified atom stereocenters. The SMILES string of the molecule is Cc1nn(Cc2cc(F)cc(C(N)=S)c2)cc1Cl. The van der Waals surface area contributed by atoms with E-state index in [0.29, 0.717) is 17.1 Å². The average Bonchev–Trinajstić information content (AvgIpc) is 2.56. The van der Waals surface area contributed by atoms with Gasteiger partial charge in [0.2, 0.25) is 0 Å². The van der Waals surface area contributed by atoms with Crippen molar-refractivity contribution in [3.05, 3.63) is 52.1 Å². The number of rotatable bonds is 3. The van der Waals surface area contributed by atoms with E-state index in [-0.39, 0.29) is 10.8 Å². The van der Waals surface area contributed by atoms with Crippen molar-refractivity contribution < 1.29 is 4.39 Å². The maximum atomic E-state index is 13.4. The van der Waals surface area contributed by atoms with Gasteiger partial charge in [-0.1, -0.05) is 23.8 Å². The molecule has 0 atom stereocenters. The minimum Gasteiger partial charge on any atom is -0.389 e. The lowest BCUT2D eigenvalue weighted by Gasteiger charge is -2.05. The second-order valence-electron chi connectivity index (χ2n) is 3.97. The van der Waals surface area contributed by atoms with E-state index in [9.17, 15) is 4.39 Å². The van der Waals surface area contributed by atoms with Gasteiger partial charge in [-0.2, -0.15) is 5.10 Å². The van der Waals surface area contributed by atoms with Gasteiger partial charge in [0.05, 0.1) is 17.3 Å². The predicted octanol–water partition coefficient (Wildman–Crippen LogP) is 2.67. The topological polar surface area (TPSA) is 43.8 Å². The fourth-order valence-electron chi connectivity index (χ4n) is 1.65. The first kappa shape index (κ1) is 13.0. The number of nitrogens with zero attached hydrogens (tertiary/aromatic N) is 2. The van der Waals surface area contributed by atoms with Gasteiger partial charge in [0.1, 0.15) is 10.8 Å². The van der Waals surface area contributed by atoms with Gasteiger partial charge in [0.15, 0.2) is 0 Å². The van der Waals surface area contributed by atoms with Gasteiger partial charge in [0.25, 0.3) is 0 Å². The summed E-state index contributed by atoms with van der Waals surface area (Å²) in [6.45, 7) is 2.23. The third kappa shape index (κ3) is 2.86. The van der Waals surface area contributed by atoms with E-state index in [4.69, 9.17) is 29.6 Å². The summed E-state index contributed by atoms with van der Waals surface area (Å²) in [6.07, 6.45) is 1.70. The van der Waals surface area contributed by atoms with Crippen molar-refractivity contribution in [2.24, 2.45) is 5.73 Å². The number of halogens is 2. The Kier molecular flexibility index (Phi) is 3.63. The molecule has 18 heavy (non-hydrogen) atoms. The Hall–Kier alpha value is -1.46. The second-order valence-corrected chi connectivity index (χ2v) is 4.82. The van der Waals surface area contributed by atoms with E-state index in [1.54, 1.807) is 16.9 Å². The van der Waals surface area contributed by atoms with Gasteiger partial charge in [-0.25, -0.2) is 4.39 Å². The summed E-state index contributed by atoms with van der Waals surface area (Å²) in [5.41, 5.74) is 7.48. The molecule has 0 bridgehead atoms. The van der Waals surface area contributed by atoms with Crippen molar-refractivity contribution in [2.45, 2.75) is 13.5 Å². The summed E-state index contributed by atoms with van der Waals surface area (Å²) in [7, 11) is 0. The Morgan fingerprint density at radius 2 is 2.22 bits per heavy atom. The molecule has 2 rings (SSSR count). The van der Waals surface area contributed by atoms with Crippen LogP contribution in [0.3, 0.4) is 0 Å². The molecule has 0 aliphatic carbocycles. The number of aromatic nitrogens is 2. The fraction of sp³-hybridized carbons (Fsp3) is 0.167. The quantitative estimate of drug-likeness (QED) is 0.881. The van der Waals surface area contributed by atoms with Crippen LogP contribution in [-0.4, -0.2) is 14.8 Å². The standard InChI is InChI=1S/C12H11ClFN3S/c1-7-11(13)6-17(16-7)5-8-2-9(12(15)18)4-10(14)3-8/h2-4,6H,5H2,1H3,(H2,15,18). The molecule has 0 saturated heterocycles. The first-order valence-electron chi connectivity index (χ1n) is 5.24. The molecule has 0 aliphatic heterocycles. The Morgan fingerprint density at radius 3 is 2.78 bits per heavy atom. The smallest absolute Gasteiger partial charge is 0.124 e. The molecule has 0 radical (unpaired) electrons. The zero-order valence-corrected chi connectivity index (χ0v) is 11.2. The summed E-state index contributed by atoms with van der Waals surface area (Å²) < 4.78 is 15.1. The first-order valence-corrected chi connectivity index (χ1v) is 6.03. The average molecular weight is 284 g/mol. The Labute approximate surface area is 114 Å². The number of aryl methyl sites for hydroxylation is 1. The molecule has 0 amide bonds. The lowest BCUT2D eigenvalue weighted by atomic mass is 10.1. The molecule has 3 nitrogen and oxygen atoms in total. The van der Waals surface area contributed by atoms with E-state index in [1.807, 2.05) is 6.92 Å². The first-order chi connectivity index (χ1) is 8.45. The predicted molar refractivity (Wildman–Crippen MR) is 73.4 cm³/mol. The monoisotopic (exact) mass is 283 g/mol. The largest absolute Gasteiger partial charge is 0.389 e. The van der Waals surface area contributed by atoms with Crippen LogP contribution in [-0.2, 0) is 6.54 Å². The van der Waals surface area contributed by atoms with Crippen LogP contribution < -0.4 is 5.73 Å². The molecule has 0 spiro atoms. The molecular weight excluding hydrogens is 273 g/mol. The fourth-order valence-corrected chi connectivity index (χ4v) is 1.91. The van der Waals surface area contributed by atoms with E-state index in [0.717, 1.165) is 11.3 Å².